The molecule has 156 valence electrons. The van der Waals surface area contributed by atoms with Crippen LogP contribution in [0.2, 0.25) is 0 Å². The number of carbonyl (C=O) groups excluding carboxylic acids is 3. The topological polar surface area (TPSA) is 99.3 Å². The Hall–Kier alpha value is -3.52. The Balaban J connectivity index is 1.79. The Labute approximate surface area is 180 Å². The fourth-order valence-corrected chi connectivity index (χ4v) is 2.36. The zero-order valence-electron chi connectivity index (χ0n) is 17.0. The van der Waals surface area contributed by atoms with E-state index < -0.39 is 11.8 Å². The second-order valence-corrected chi connectivity index (χ2v) is 7.27. The minimum absolute atomic E-state index is 0.0391. The third-order valence-corrected chi connectivity index (χ3v) is 4.17. The summed E-state index contributed by atoms with van der Waals surface area (Å²) in [5, 5.41) is 5.15. The van der Waals surface area contributed by atoms with Crippen LogP contribution in [0.25, 0.3) is 6.08 Å². The van der Waals surface area contributed by atoms with Crippen molar-refractivity contribution in [3.8, 4) is 0 Å². The number of hydrazine groups is 1. The van der Waals surface area contributed by atoms with Gasteiger partial charge < -0.3 is 5.32 Å². The second-order valence-electron chi connectivity index (χ2n) is 6.86. The van der Waals surface area contributed by atoms with Crippen molar-refractivity contribution in [2.75, 3.05) is 5.32 Å². The lowest BCUT2D eigenvalue weighted by molar-refractivity contribution is -0.119. The molecule has 0 aliphatic rings. The standard InChI is InChI=1S/C22H24N4O3S/c1-14(2)20(28)23-18-11-9-17(10-12-18)21(29)25-26-22(30)24-19(27)13-8-16-6-4-15(3)5-7-16/h4-14H,1-3H3,(H,23,28)(H,25,29)(H2,24,26,27,30)/b13-8+. The van der Waals surface area contributed by atoms with Crippen LogP contribution in [0.5, 0.6) is 0 Å². The molecule has 4 N–H and O–H groups in total. The number of benzene rings is 2. The number of hydrogen-bond donors (Lipinski definition) is 4. The van der Waals surface area contributed by atoms with Gasteiger partial charge in [-0.15, -0.1) is 0 Å². The van der Waals surface area contributed by atoms with E-state index in [-0.39, 0.29) is 16.9 Å². The molecule has 0 heterocycles. The van der Waals surface area contributed by atoms with Gasteiger partial charge in [0.05, 0.1) is 0 Å². The number of carbonyl (C=O) groups is 3. The van der Waals surface area contributed by atoms with Crippen LogP contribution in [-0.4, -0.2) is 22.8 Å². The van der Waals surface area contributed by atoms with Crippen molar-refractivity contribution >= 4 is 46.8 Å². The quantitative estimate of drug-likeness (QED) is 0.336. The SMILES string of the molecule is Cc1ccc(/C=C/C(=O)NC(=S)NNC(=O)c2ccc(NC(=O)C(C)C)cc2)cc1. The molecule has 0 bridgehead atoms. The van der Waals surface area contributed by atoms with Gasteiger partial charge in [-0.3, -0.25) is 30.6 Å². The maximum atomic E-state index is 12.2. The fourth-order valence-electron chi connectivity index (χ4n) is 2.21. The zero-order chi connectivity index (χ0) is 22.1. The lowest BCUT2D eigenvalue weighted by atomic mass is 10.1. The molecule has 0 saturated heterocycles. The predicted molar refractivity (Wildman–Crippen MR) is 121 cm³/mol. The Morgan fingerprint density at radius 1 is 0.933 bits per heavy atom. The van der Waals surface area contributed by atoms with E-state index in [1.54, 1.807) is 44.2 Å². The summed E-state index contributed by atoms with van der Waals surface area (Å²) in [7, 11) is 0. The molecule has 0 atom stereocenters. The Kier molecular flexibility index (Phi) is 8.25. The molecule has 2 rings (SSSR count). The largest absolute Gasteiger partial charge is 0.326 e. The lowest BCUT2D eigenvalue weighted by Crippen LogP contribution is -2.48. The van der Waals surface area contributed by atoms with E-state index in [0.29, 0.717) is 11.3 Å². The number of amides is 3. The highest BCUT2D eigenvalue weighted by atomic mass is 32.1. The minimum atomic E-state index is -0.441. The molecular formula is C22H24N4O3S. The van der Waals surface area contributed by atoms with Gasteiger partial charge in [0.2, 0.25) is 11.8 Å². The molecule has 3 amide bonds. The molecule has 0 spiro atoms. The number of thiocarbonyl (C=S) groups is 1. The summed E-state index contributed by atoms with van der Waals surface area (Å²) in [6.45, 7) is 5.57. The van der Waals surface area contributed by atoms with Crippen LogP contribution in [0, 0.1) is 12.8 Å². The smallest absolute Gasteiger partial charge is 0.269 e. The van der Waals surface area contributed by atoms with Crippen LogP contribution in [0.15, 0.2) is 54.6 Å². The second kappa shape index (κ2) is 10.9. The van der Waals surface area contributed by atoms with E-state index in [4.69, 9.17) is 12.2 Å². The highest BCUT2D eigenvalue weighted by molar-refractivity contribution is 7.80. The highest BCUT2D eigenvalue weighted by Gasteiger charge is 2.09. The molecule has 2 aromatic carbocycles. The van der Waals surface area contributed by atoms with Gasteiger partial charge in [-0.1, -0.05) is 43.7 Å². The van der Waals surface area contributed by atoms with E-state index in [9.17, 15) is 14.4 Å². The van der Waals surface area contributed by atoms with Crippen LogP contribution < -0.4 is 21.5 Å². The van der Waals surface area contributed by atoms with Crippen LogP contribution in [0.1, 0.15) is 35.3 Å². The van der Waals surface area contributed by atoms with Gasteiger partial charge >= 0.3 is 0 Å². The van der Waals surface area contributed by atoms with Crippen LogP contribution in [0.3, 0.4) is 0 Å². The molecule has 0 unspecified atom stereocenters. The Bertz CT molecular complexity index is 951. The highest BCUT2D eigenvalue weighted by Crippen LogP contribution is 2.11. The van der Waals surface area contributed by atoms with Crippen LogP contribution in [-0.2, 0) is 9.59 Å². The van der Waals surface area contributed by atoms with Gasteiger partial charge in [0.15, 0.2) is 5.11 Å². The summed E-state index contributed by atoms with van der Waals surface area (Å²) in [5.74, 6) is -1.11. The lowest BCUT2D eigenvalue weighted by Gasteiger charge is -2.11. The number of nitrogens with one attached hydrogen (secondary N) is 4. The summed E-state index contributed by atoms with van der Waals surface area (Å²) in [4.78, 5) is 35.8. The minimum Gasteiger partial charge on any atom is -0.326 e. The average molecular weight is 425 g/mol. The van der Waals surface area contributed by atoms with Gasteiger partial charge in [0, 0.05) is 23.2 Å². The maximum Gasteiger partial charge on any atom is 0.269 e. The molecule has 8 heteroatoms. The summed E-state index contributed by atoms with van der Waals surface area (Å²) >= 11 is 5.00. The third kappa shape index (κ3) is 7.48. The van der Waals surface area contributed by atoms with E-state index >= 15 is 0 Å². The van der Waals surface area contributed by atoms with Gasteiger partial charge in [-0.2, -0.15) is 0 Å². The molecule has 0 aliphatic heterocycles. The molecule has 0 radical (unpaired) electrons. The molecule has 0 fully saturated rings. The molecule has 0 aliphatic carbocycles. The van der Waals surface area contributed by atoms with Crippen molar-refractivity contribution in [1.82, 2.24) is 16.2 Å². The number of aryl methyl sites for hydroxylation is 1. The van der Waals surface area contributed by atoms with Crippen molar-refractivity contribution < 1.29 is 14.4 Å². The van der Waals surface area contributed by atoms with Gasteiger partial charge in [-0.25, -0.2) is 0 Å². The Morgan fingerprint density at radius 2 is 1.57 bits per heavy atom. The van der Waals surface area contributed by atoms with Crippen LogP contribution >= 0.6 is 12.2 Å². The number of anilines is 1. The van der Waals surface area contributed by atoms with Crippen molar-refractivity contribution in [2.45, 2.75) is 20.8 Å². The van der Waals surface area contributed by atoms with E-state index in [2.05, 4.69) is 21.5 Å². The zero-order valence-corrected chi connectivity index (χ0v) is 17.8. The van der Waals surface area contributed by atoms with E-state index in [1.807, 2.05) is 31.2 Å². The molecule has 30 heavy (non-hydrogen) atoms. The summed E-state index contributed by atoms with van der Waals surface area (Å²) in [5.41, 5.74) is 7.86. The van der Waals surface area contributed by atoms with Crippen molar-refractivity contribution in [1.29, 1.82) is 0 Å². The molecule has 0 aromatic heterocycles. The van der Waals surface area contributed by atoms with Crippen LogP contribution in [0.4, 0.5) is 5.69 Å². The first-order valence-electron chi connectivity index (χ1n) is 9.31. The van der Waals surface area contributed by atoms with Gasteiger partial charge in [0.25, 0.3) is 5.91 Å². The molecule has 0 saturated carbocycles. The van der Waals surface area contributed by atoms with Gasteiger partial charge in [0.1, 0.15) is 0 Å². The van der Waals surface area contributed by atoms with E-state index in [1.165, 1.54) is 6.08 Å². The molecular weight excluding hydrogens is 400 g/mol. The Morgan fingerprint density at radius 3 is 2.17 bits per heavy atom. The predicted octanol–water partition coefficient (Wildman–Crippen LogP) is 2.94. The molecule has 2 aromatic rings. The van der Waals surface area contributed by atoms with Crippen molar-refractivity contribution in [2.24, 2.45) is 5.92 Å². The first-order valence-corrected chi connectivity index (χ1v) is 9.72. The normalized spacial score (nSPS) is 10.5. The molecule has 7 nitrogen and oxygen atoms in total. The van der Waals surface area contributed by atoms with E-state index in [0.717, 1.165) is 11.1 Å². The maximum absolute atomic E-state index is 12.2. The van der Waals surface area contributed by atoms with Crippen molar-refractivity contribution in [3.63, 3.8) is 0 Å². The first kappa shape index (κ1) is 22.8. The summed E-state index contributed by atoms with van der Waals surface area (Å²) in [6, 6.07) is 14.1. The number of hydrogen-bond acceptors (Lipinski definition) is 4. The summed E-state index contributed by atoms with van der Waals surface area (Å²) in [6.07, 6.45) is 3.01. The van der Waals surface area contributed by atoms with Crippen molar-refractivity contribution in [3.05, 3.63) is 71.3 Å². The summed E-state index contributed by atoms with van der Waals surface area (Å²) < 4.78 is 0. The first-order chi connectivity index (χ1) is 14.2. The number of rotatable bonds is 5. The fraction of sp³-hybridized carbons (Fsp3) is 0.182. The third-order valence-electron chi connectivity index (χ3n) is 3.97. The average Bonchev–Trinajstić information content (AvgIpc) is 2.72. The van der Waals surface area contributed by atoms with Gasteiger partial charge in [-0.05, 0) is 55.0 Å². The monoisotopic (exact) mass is 424 g/mol.